The first-order chi connectivity index (χ1) is 17.0. The second kappa shape index (κ2) is 11.4. The molecule has 6 nitrogen and oxygen atoms in total. The van der Waals surface area contributed by atoms with Gasteiger partial charge < -0.3 is 19.3 Å². The van der Waals surface area contributed by atoms with Crippen molar-refractivity contribution in [3.8, 4) is 17.2 Å². The summed E-state index contributed by atoms with van der Waals surface area (Å²) >= 11 is 0. The Morgan fingerprint density at radius 2 is 1.60 bits per heavy atom. The van der Waals surface area contributed by atoms with Gasteiger partial charge in [-0.2, -0.15) is 0 Å². The van der Waals surface area contributed by atoms with Gasteiger partial charge in [-0.05, 0) is 55.3 Å². The van der Waals surface area contributed by atoms with Crippen molar-refractivity contribution in [2.75, 3.05) is 0 Å². The number of benzene rings is 3. The number of para-hydroxylation sites is 2. The van der Waals surface area contributed by atoms with Gasteiger partial charge in [0, 0.05) is 10.9 Å². The number of aryl methyl sites for hydroxylation is 1. The Morgan fingerprint density at radius 3 is 2.31 bits per heavy atom. The molecule has 0 saturated heterocycles. The van der Waals surface area contributed by atoms with Gasteiger partial charge in [-0.1, -0.05) is 55.8 Å². The fourth-order valence-electron chi connectivity index (χ4n) is 3.77. The standard InChI is InChI=1S/C29H29NO5/c1-3-7-27(29(31)32)35-28-20(2)8-6-10-22(28)18-33-24-14-16-25(17-15-24)34-19-23-13-12-21-9-4-5-11-26(21)30-23/h4-6,8-17,27H,3,7,18-19H2,1-2H3,(H,31,32). The fourth-order valence-corrected chi connectivity index (χ4v) is 3.77. The zero-order valence-electron chi connectivity index (χ0n) is 19.9. The minimum Gasteiger partial charge on any atom is -0.489 e. The monoisotopic (exact) mass is 471 g/mol. The van der Waals surface area contributed by atoms with Crippen molar-refractivity contribution in [2.24, 2.45) is 0 Å². The summed E-state index contributed by atoms with van der Waals surface area (Å²) in [6.45, 7) is 4.47. The first-order valence-electron chi connectivity index (χ1n) is 11.7. The summed E-state index contributed by atoms with van der Waals surface area (Å²) < 4.78 is 17.7. The van der Waals surface area contributed by atoms with Crippen molar-refractivity contribution in [3.05, 3.63) is 95.7 Å². The number of hydrogen-bond acceptors (Lipinski definition) is 5. The van der Waals surface area contributed by atoms with Gasteiger partial charge in [0.25, 0.3) is 0 Å². The van der Waals surface area contributed by atoms with E-state index in [2.05, 4.69) is 4.98 Å². The number of aliphatic carboxylic acids is 1. The topological polar surface area (TPSA) is 77.9 Å². The molecule has 35 heavy (non-hydrogen) atoms. The molecule has 3 aromatic carbocycles. The third-order valence-electron chi connectivity index (χ3n) is 5.64. The van der Waals surface area contributed by atoms with Crippen molar-refractivity contribution in [2.45, 2.75) is 46.0 Å². The van der Waals surface area contributed by atoms with Gasteiger partial charge in [0.15, 0.2) is 6.10 Å². The molecule has 1 atom stereocenters. The van der Waals surface area contributed by atoms with Crippen LogP contribution in [-0.4, -0.2) is 22.2 Å². The van der Waals surface area contributed by atoms with Crippen LogP contribution < -0.4 is 14.2 Å². The predicted octanol–water partition coefficient (Wildman–Crippen LogP) is 6.33. The van der Waals surface area contributed by atoms with E-state index in [1.807, 2.05) is 92.7 Å². The Bertz CT molecular complexity index is 1290. The lowest BCUT2D eigenvalue weighted by Gasteiger charge is -2.19. The molecular formula is C29H29NO5. The fraction of sp³-hybridized carbons (Fsp3) is 0.241. The van der Waals surface area contributed by atoms with E-state index < -0.39 is 12.1 Å². The van der Waals surface area contributed by atoms with Gasteiger partial charge in [-0.15, -0.1) is 0 Å². The van der Waals surface area contributed by atoms with Crippen LogP contribution in [0.25, 0.3) is 10.9 Å². The van der Waals surface area contributed by atoms with Crippen LogP contribution in [0.5, 0.6) is 17.2 Å². The summed E-state index contributed by atoms with van der Waals surface area (Å²) in [5, 5.41) is 10.6. The summed E-state index contributed by atoms with van der Waals surface area (Å²) in [5.41, 5.74) is 3.48. The number of ether oxygens (including phenoxy) is 3. The van der Waals surface area contributed by atoms with Crippen LogP contribution in [0.15, 0.2) is 78.9 Å². The summed E-state index contributed by atoms with van der Waals surface area (Å²) in [6.07, 6.45) is 0.286. The van der Waals surface area contributed by atoms with Gasteiger partial charge in [-0.25, -0.2) is 9.78 Å². The molecule has 0 aliphatic rings. The van der Waals surface area contributed by atoms with Crippen molar-refractivity contribution in [3.63, 3.8) is 0 Å². The number of rotatable bonds is 11. The largest absolute Gasteiger partial charge is 0.489 e. The third-order valence-corrected chi connectivity index (χ3v) is 5.64. The predicted molar refractivity (Wildman–Crippen MR) is 135 cm³/mol. The number of carbonyl (C=O) groups is 1. The number of hydrogen-bond donors (Lipinski definition) is 1. The number of aromatic nitrogens is 1. The van der Waals surface area contributed by atoms with E-state index in [1.165, 1.54) is 0 Å². The van der Waals surface area contributed by atoms with Crippen molar-refractivity contribution in [1.82, 2.24) is 4.98 Å². The summed E-state index contributed by atoms with van der Waals surface area (Å²) in [6, 6.07) is 25.1. The maximum Gasteiger partial charge on any atom is 0.344 e. The average Bonchev–Trinajstić information content (AvgIpc) is 2.87. The Balaban J connectivity index is 1.36. The van der Waals surface area contributed by atoms with Crippen LogP contribution >= 0.6 is 0 Å². The first kappa shape index (κ1) is 24.1. The third kappa shape index (κ3) is 6.29. The number of nitrogens with zero attached hydrogens (tertiary/aromatic N) is 1. The molecule has 6 heteroatoms. The molecule has 0 amide bonds. The van der Waals surface area contributed by atoms with Crippen LogP contribution in [-0.2, 0) is 18.0 Å². The summed E-state index contributed by atoms with van der Waals surface area (Å²) in [4.78, 5) is 16.2. The van der Waals surface area contributed by atoms with E-state index >= 15 is 0 Å². The minimum absolute atomic E-state index is 0.261. The maximum absolute atomic E-state index is 11.6. The van der Waals surface area contributed by atoms with Gasteiger partial charge in [0.1, 0.15) is 30.5 Å². The van der Waals surface area contributed by atoms with Crippen LogP contribution in [0.4, 0.5) is 0 Å². The Hall–Kier alpha value is -4.06. The quantitative estimate of drug-likeness (QED) is 0.275. The highest BCUT2D eigenvalue weighted by atomic mass is 16.5. The lowest BCUT2D eigenvalue weighted by Crippen LogP contribution is -2.27. The molecule has 1 heterocycles. The lowest BCUT2D eigenvalue weighted by atomic mass is 10.1. The first-order valence-corrected chi connectivity index (χ1v) is 11.7. The molecule has 180 valence electrons. The summed E-state index contributed by atoms with van der Waals surface area (Å²) in [5.74, 6) is 1.00. The molecule has 0 radical (unpaired) electrons. The van der Waals surface area contributed by atoms with Crippen molar-refractivity contribution < 1.29 is 24.1 Å². The van der Waals surface area contributed by atoms with Gasteiger partial charge in [0.05, 0.1) is 11.2 Å². The second-order valence-electron chi connectivity index (χ2n) is 8.34. The van der Waals surface area contributed by atoms with E-state index in [0.717, 1.165) is 39.9 Å². The van der Waals surface area contributed by atoms with E-state index in [4.69, 9.17) is 14.2 Å². The highest BCUT2D eigenvalue weighted by Gasteiger charge is 2.21. The molecule has 4 rings (SSSR count). The molecule has 0 aliphatic carbocycles. The summed E-state index contributed by atoms with van der Waals surface area (Å²) in [7, 11) is 0. The SMILES string of the molecule is CCCC(Oc1c(C)cccc1COc1ccc(OCc2ccc3ccccc3n2)cc1)C(=O)O. The molecule has 1 unspecified atom stereocenters. The molecule has 0 aliphatic heterocycles. The van der Waals surface area contributed by atoms with Crippen LogP contribution in [0.3, 0.4) is 0 Å². The minimum atomic E-state index is -0.962. The smallest absolute Gasteiger partial charge is 0.344 e. The number of carboxylic acids is 1. The highest BCUT2D eigenvalue weighted by molar-refractivity contribution is 5.78. The lowest BCUT2D eigenvalue weighted by molar-refractivity contribution is -0.145. The van der Waals surface area contributed by atoms with Gasteiger partial charge >= 0.3 is 5.97 Å². The normalized spacial score (nSPS) is 11.7. The number of carboxylic acid groups (broad SMARTS) is 1. The Kier molecular flexibility index (Phi) is 7.83. The Labute approximate surface area is 205 Å². The van der Waals surface area contributed by atoms with E-state index in [-0.39, 0.29) is 6.61 Å². The van der Waals surface area contributed by atoms with E-state index in [9.17, 15) is 9.90 Å². The van der Waals surface area contributed by atoms with Crippen LogP contribution in [0, 0.1) is 6.92 Å². The number of pyridine rings is 1. The zero-order chi connectivity index (χ0) is 24.6. The molecule has 0 bridgehead atoms. The molecule has 1 N–H and O–H groups in total. The second-order valence-corrected chi connectivity index (χ2v) is 8.34. The molecule has 1 aromatic heterocycles. The molecule has 4 aromatic rings. The maximum atomic E-state index is 11.6. The highest BCUT2D eigenvalue weighted by Crippen LogP contribution is 2.28. The molecule has 0 saturated carbocycles. The molecule has 0 spiro atoms. The Morgan fingerprint density at radius 1 is 0.886 bits per heavy atom. The van der Waals surface area contributed by atoms with Gasteiger partial charge in [0.2, 0.25) is 0 Å². The zero-order valence-corrected chi connectivity index (χ0v) is 19.9. The average molecular weight is 472 g/mol. The van der Waals surface area contributed by atoms with Crippen LogP contribution in [0.2, 0.25) is 0 Å². The van der Waals surface area contributed by atoms with Crippen LogP contribution in [0.1, 0.15) is 36.6 Å². The van der Waals surface area contributed by atoms with Crippen molar-refractivity contribution in [1.29, 1.82) is 0 Å². The van der Waals surface area contributed by atoms with Gasteiger partial charge in [-0.3, -0.25) is 0 Å². The van der Waals surface area contributed by atoms with Crippen molar-refractivity contribution >= 4 is 16.9 Å². The molecule has 0 fully saturated rings. The van der Waals surface area contributed by atoms with E-state index in [0.29, 0.717) is 24.5 Å². The number of fused-ring (bicyclic) bond motifs is 1. The molecular weight excluding hydrogens is 442 g/mol. The van der Waals surface area contributed by atoms with E-state index in [1.54, 1.807) is 0 Å².